The standard InChI is InChI=1S/C16H18N2O2/c1-12-9-14(7-8-17-12)16(20)18-15(11-19)10-13-5-3-2-4-6-13/h2-9,15,19H,10-11H2,1H3,(H,18,20). The lowest BCUT2D eigenvalue weighted by atomic mass is 10.1. The predicted octanol–water partition coefficient (Wildman–Crippen LogP) is 1.72. The van der Waals surface area contributed by atoms with Crippen LogP contribution in [0.5, 0.6) is 0 Å². The summed E-state index contributed by atoms with van der Waals surface area (Å²) in [5, 5.41) is 12.3. The summed E-state index contributed by atoms with van der Waals surface area (Å²) in [6.45, 7) is 1.75. The molecular formula is C16H18N2O2. The van der Waals surface area contributed by atoms with Gasteiger partial charge in [-0.05, 0) is 31.0 Å². The number of aliphatic hydroxyl groups is 1. The molecule has 1 atom stereocenters. The Labute approximate surface area is 118 Å². The Morgan fingerprint density at radius 2 is 2.05 bits per heavy atom. The summed E-state index contributed by atoms with van der Waals surface area (Å²) < 4.78 is 0. The number of carbonyl (C=O) groups excluding carboxylic acids is 1. The number of aryl methyl sites for hydroxylation is 1. The van der Waals surface area contributed by atoms with Gasteiger partial charge < -0.3 is 10.4 Å². The molecule has 1 amide bonds. The van der Waals surface area contributed by atoms with Crippen molar-refractivity contribution in [3.63, 3.8) is 0 Å². The van der Waals surface area contributed by atoms with Crippen LogP contribution in [0.2, 0.25) is 0 Å². The van der Waals surface area contributed by atoms with Gasteiger partial charge in [-0.1, -0.05) is 30.3 Å². The summed E-state index contributed by atoms with van der Waals surface area (Å²) in [7, 11) is 0. The van der Waals surface area contributed by atoms with Crippen molar-refractivity contribution >= 4 is 5.91 Å². The van der Waals surface area contributed by atoms with Crippen LogP contribution in [-0.2, 0) is 6.42 Å². The van der Waals surface area contributed by atoms with Crippen LogP contribution >= 0.6 is 0 Å². The lowest BCUT2D eigenvalue weighted by Gasteiger charge is -2.16. The van der Waals surface area contributed by atoms with Crippen LogP contribution in [0.15, 0.2) is 48.7 Å². The molecule has 0 fully saturated rings. The molecule has 1 heterocycles. The first kappa shape index (κ1) is 14.2. The van der Waals surface area contributed by atoms with Gasteiger partial charge in [0.25, 0.3) is 5.91 Å². The second-order valence-electron chi connectivity index (χ2n) is 4.73. The van der Waals surface area contributed by atoms with E-state index in [0.29, 0.717) is 12.0 Å². The quantitative estimate of drug-likeness (QED) is 0.869. The van der Waals surface area contributed by atoms with E-state index in [1.165, 1.54) is 0 Å². The van der Waals surface area contributed by atoms with Crippen LogP contribution in [-0.4, -0.2) is 28.6 Å². The maximum Gasteiger partial charge on any atom is 0.251 e. The maximum atomic E-state index is 12.1. The number of hydrogen-bond donors (Lipinski definition) is 2. The third-order valence-corrected chi connectivity index (χ3v) is 3.04. The zero-order valence-electron chi connectivity index (χ0n) is 11.4. The molecule has 1 unspecified atom stereocenters. The lowest BCUT2D eigenvalue weighted by Crippen LogP contribution is -2.39. The van der Waals surface area contributed by atoms with Gasteiger partial charge in [-0.2, -0.15) is 0 Å². The fourth-order valence-electron chi connectivity index (χ4n) is 2.02. The molecular weight excluding hydrogens is 252 g/mol. The predicted molar refractivity (Wildman–Crippen MR) is 77.5 cm³/mol. The Kier molecular flexibility index (Phi) is 4.85. The summed E-state index contributed by atoms with van der Waals surface area (Å²) in [6, 6.07) is 12.9. The van der Waals surface area contributed by atoms with Gasteiger partial charge in [0.2, 0.25) is 0 Å². The fourth-order valence-corrected chi connectivity index (χ4v) is 2.02. The number of aromatic nitrogens is 1. The number of pyridine rings is 1. The van der Waals surface area contributed by atoms with E-state index in [1.54, 1.807) is 18.3 Å². The summed E-state index contributed by atoms with van der Waals surface area (Å²) in [6.07, 6.45) is 2.21. The number of hydrogen-bond acceptors (Lipinski definition) is 3. The van der Waals surface area contributed by atoms with Crippen molar-refractivity contribution in [2.24, 2.45) is 0 Å². The average molecular weight is 270 g/mol. The number of carbonyl (C=O) groups is 1. The third-order valence-electron chi connectivity index (χ3n) is 3.04. The van der Waals surface area contributed by atoms with Gasteiger partial charge in [-0.25, -0.2) is 0 Å². The van der Waals surface area contributed by atoms with E-state index in [4.69, 9.17) is 0 Å². The van der Waals surface area contributed by atoms with Crippen molar-refractivity contribution in [3.05, 3.63) is 65.5 Å². The van der Waals surface area contributed by atoms with Crippen LogP contribution < -0.4 is 5.32 Å². The SMILES string of the molecule is Cc1cc(C(=O)NC(CO)Cc2ccccc2)ccn1. The highest BCUT2D eigenvalue weighted by atomic mass is 16.3. The van der Waals surface area contributed by atoms with Gasteiger partial charge in [-0.3, -0.25) is 9.78 Å². The van der Waals surface area contributed by atoms with E-state index in [9.17, 15) is 9.90 Å². The van der Waals surface area contributed by atoms with Crippen LogP contribution in [0.25, 0.3) is 0 Å². The smallest absolute Gasteiger partial charge is 0.251 e. The van der Waals surface area contributed by atoms with E-state index < -0.39 is 0 Å². The van der Waals surface area contributed by atoms with Crippen molar-refractivity contribution in [2.75, 3.05) is 6.61 Å². The Morgan fingerprint density at radius 3 is 2.70 bits per heavy atom. The molecule has 0 aliphatic heterocycles. The highest BCUT2D eigenvalue weighted by Gasteiger charge is 2.13. The number of amides is 1. The van der Waals surface area contributed by atoms with Crippen LogP contribution in [0.4, 0.5) is 0 Å². The van der Waals surface area contributed by atoms with Crippen LogP contribution in [0.1, 0.15) is 21.6 Å². The zero-order chi connectivity index (χ0) is 14.4. The van der Waals surface area contributed by atoms with Gasteiger partial charge in [0.05, 0.1) is 12.6 Å². The maximum absolute atomic E-state index is 12.1. The molecule has 0 bridgehead atoms. The molecule has 20 heavy (non-hydrogen) atoms. The summed E-state index contributed by atoms with van der Waals surface area (Å²) in [4.78, 5) is 16.2. The third kappa shape index (κ3) is 3.90. The Bertz CT molecular complexity index is 570. The molecule has 0 spiro atoms. The monoisotopic (exact) mass is 270 g/mol. The molecule has 4 heteroatoms. The second kappa shape index (κ2) is 6.82. The molecule has 1 aromatic heterocycles. The first-order chi connectivity index (χ1) is 9.69. The molecule has 0 saturated heterocycles. The van der Waals surface area contributed by atoms with Gasteiger partial charge >= 0.3 is 0 Å². The molecule has 2 rings (SSSR count). The topological polar surface area (TPSA) is 62.2 Å². The largest absolute Gasteiger partial charge is 0.394 e. The van der Waals surface area contributed by atoms with E-state index in [-0.39, 0.29) is 18.6 Å². The first-order valence-electron chi connectivity index (χ1n) is 6.57. The highest BCUT2D eigenvalue weighted by molar-refractivity contribution is 5.94. The van der Waals surface area contributed by atoms with E-state index in [2.05, 4.69) is 10.3 Å². The summed E-state index contributed by atoms with van der Waals surface area (Å²) >= 11 is 0. The molecule has 0 saturated carbocycles. The van der Waals surface area contributed by atoms with E-state index >= 15 is 0 Å². The molecule has 0 aliphatic rings. The molecule has 2 aromatic rings. The number of nitrogens with one attached hydrogen (secondary N) is 1. The Balaban J connectivity index is 2.01. The lowest BCUT2D eigenvalue weighted by molar-refractivity contribution is 0.0916. The summed E-state index contributed by atoms with van der Waals surface area (Å²) in [5.41, 5.74) is 2.43. The van der Waals surface area contributed by atoms with Crippen molar-refractivity contribution < 1.29 is 9.90 Å². The molecule has 2 N–H and O–H groups in total. The number of rotatable bonds is 5. The van der Waals surface area contributed by atoms with Crippen molar-refractivity contribution in [3.8, 4) is 0 Å². The van der Waals surface area contributed by atoms with Crippen molar-refractivity contribution in [2.45, 2.75) is 19.4 Å². The van der Waals surface area contributed by atoms with Crippen molar-refractivity contribution in [1.82, 2.24) is 10.3 Å². The average Bonchev–Trinajstić information content (AvgIpc) is 2.47. The first-order valence-corrected chi connectivity index (χ1v) is 6.57. The number of nitrogens with zero attached hydrogens (tertiary/aromatic N) is 1. The van der Waals surface area contributed by atoms with E-state index in [0.717, 1.165) is 11.3 Å². The highest BCUT2D eigenvalue weighted by Crippen LogP contribution is 2.05. The molecule has 4 nitrogen and oxygen atoms in total. The number of benzene rings is 1. The van der Waals surface area contributed by atoms with E-state index in [1.807, 2.05) is 37.3 Å². The normalized spacial score (nSPS) is 11.9. The van der Waals surface area contributed by atoms with Gasteiger partial charge in [0.15, 0.2) is 0 Å². The van der Waals surface area contributed by atoms with Crippen LogP contribution in [0.3, 0.4) is 0 Å². The van der Waals surface area contributed by atoms with Gasteiger partial charge in [0.1, 0.15) is 0 Å². The van der Waals surface area contributed by atoms with Crippen molar-refractivity contribution in [1.29, 1.82) is 0 Å². The fraction of sp³-hybridized carbons (Fsp3) is 0.250. The number of aliphatic hydroxyl groups excluding tert-OH is 1. The minimum Gasteiger partial charge on any atom is -0.394 e. The minimum atomic E-state index is -0.293. The van der Waals surface area contributed by atoms with Gasteiger partial charge in [-0.15, -0.1) is 0 Å². The molecule has 0 aliphatic carbocycles. The second-order valence-corrected chi connectivity index (χ2v) is 4.73. The Morgan fingerprint density at radius 1 is 1.30 bits per heavy atom. The Hall–Kier alpha value is -2.20. The minimum absolute atomic E-state index is 0.0926. The molecule has 0 radical (unpaired) electrons. The van der Waals surface area contributed by atoms with Gasteiger partial charge in [0, 0.05) is 17.5 Å². The molecule has 1 aromatic carbocycles. The van der Waals surface area contributed by atoms with Crippen LogP contribution in [0, 0.1) is 6.92 Å². The summed E-state index contributed by atoms with van der Waals surface area (Å²) in [5.74, 6) is -0.189. The molecule has 104 valence electrons. The zero-order valence-corrected chi connectivity index (χ0v) is 11.4.